The zero-order valence-corrected chi connectivity index (χ0v) is 9.28. The van der Waals surface area contributed by atoms with Crippen LogP contribution in [0.15, 0.2) is 6.20 Å². The number of ether oxygens (including phenoxy) is 1. The van der Waals surface area contributed by atoms with Gasteiger partial charge in [-0.15, -0.1) is 0 Å². The molecular weight excluding hydrogens is 188 g/mol. The molecule has 1 aromatic heterocycles. The summed E-state index contributed by atoms with van der Waals surface area (Å²) in [7, 11) is 0. The van der Waals surface area contributed by atoms with Gasteiger partial charge in [-0.05, 0) is 25.2 Å². The summed E-state index contributed by atoms with van der Waals surface area (Å²) in [5.74, 6) is 2.06. The molecule has 0 spiro atoms. The summed E-state index contributed by atoms with van der Waals surface area (Å²) in [6, 6.07) is 0. The van der Waals surface area contributed by atoms with E-state index in [9.17, 15) is 0 Å². The first-order valence-corrected chi connectivity index (χ1v) is 6.00. The highest BCUT2D eigenvalue weighted by atomic mass is 16.5. The molecule has 2 unspecified atom stereocenters. The second-order valence-corrected chi connectivity index (χ2v) is 4.88. The molecule has 82 valence electrons. The van der Waals surface area contributed by atoms with Gasteiger partial charge in [0.2, 0.25) is 0 Å². The minimum atomic E-state index is 0.276. The van der Waals surface area contributed by atoms with E-state index in [1.807, 2.05) is 0 Å². The molecular formula is C12H18N2O. The fraction of sp³-hybridized carbons (Fsp3) is 0.750. The Morgan fingerprint density at radius 2 is 2.40 bits per heavy atom. The van der Waals surface area contributed by atoms with Crippen LogP contribution >= 0.6 is 0 Å². The maximum atomic E-state index is 5.67. The van der Waals surface area contributed by atoms with Crippen molar-refractivity contribution in [2.24, 2.45) is 5.92 Å². The summed E-state index contributed by atoms with van der Waals surface area (Å²) in [5.41, 5.74) is 1.16. The van der Waals surface area contributed by atoms with Crippen molar-refractivity contribution in [2.45, 2.75) is 45.3 Å². The molecule has 0 radical (unpaired) electrons. The molecule has 15 heavy (non-hydrogen) atoms. The van der Waals surface area contributed by atoms with E-state index >= 15 is 0 Å². The number of fused-ring (bicyclic) bond motifs is 1. The van der Waals surface area contributed by atoms with Crippen LogP contribution in [0.1, 0.15) is 43.8 Å². The van der Waals surface area contributed by atoms with Crippen LogP contribution in [0.2, 0.25) is 0 Å². The molecule has 0 aliphatic carbocycles. The average molecular weight is 206 g/mol. The Bertz CT molecular complexity index is 353. The van der Waals surface area contributed by atoms with Gasteiger partial charge in [-0.2, -0.15) is 0 Å². The van der Waals surface area contributed by atoms with E-state index in [0.29, 0.717) is 0 Å². The van der Waals surface area contributed by atoms with Crippen LogP contribution in [0, 0.1) is 5.92 Å². The Labute approximate surface area is 90.5 Å². The Balaban J connectivity index is 1.85. The predicted octanol–water partition coefficient (Wildman–Crippen LogP) is 2.32. The van der Waals surface area contributed by atoms with Crippen LogP contribution < -0.4 is 0 Å². The first-order chi connectivity index (χ1) is 7.33. The van der Waals surface area contributed by atoms with Crippen molar-refractivity contribution in [1.29, 1.82) is 0 Å². The minimum Gasteiger partial charge on any atom is -0.372 e. The van der Waals surface area contributed by atoms with E-state index < -0.39 is 0 Å². The van der Waals surface area contributed by atoms with Crippen molar-refractivity contribution in [2.75, 3.05) is 6.61 Å². The summed E-state index contributed by atoms with van der Waals surface area (Å²) >= 11 is 0. The summed E-state index contributed by atoms with van der Waals surface area (Å²) in [6.07, 6.45) is 7.23. The molecule has 0 bridgehead atoms. The molecule has 0 N–H and O–H groups in total. The molecule has 3 heterocycles. The smallest absolute Gasteiger partial charge is 0.109 e. The van der Waals surface area contributed by atoms with Crippen LogP contribution in [0.4, 0.5) is 0 Å². The van der Waals surface area contributed by atoms with Crippen LogP contribution in [-0.2, 0) is 17.7 Å². The highest BCUT2D eigenvalue weighted by molar-refractivity contribution is 5.10. The molecule has 0 aromatic carbocycles. The van der Waals surface area contributed by atoms with Gasteiger partial charge in [0.25, 0.3) is 0 Å². The third-order valence-electron chi connectivity index (χ3n) is 3.51. The van der Waals surface area contributed by atoms with E-state index in [1.54, 1.807) is 0 Å². The van der Waals surface area contributed by atoms with Crippen LogP contribution in [-0.4, -0.2) is 16.2 Å². The number of hydrogen-bond acceptors (Lipinski definition) is 2. The molecule has 3 rings (SSSR count). The van der Waals surface area contributed by atoms with Gasteiger partial charge in [0, 0.05) is 25.8 Å². The summed E-state index contributed by atoms with van der Waals surface area (Å²) in [6.45, 7) is 4.35. The van der Waals surface area contributed by atoms with Gasteiger partial charge in [0.15, 0.2) is 0 Å². The van der Waals surface area contributed by atoms with Crippen LogP contribution in [0.3, 0.4) is 0 Å². The maximum Gasteiger partial charge on any atom is 0.109 e. The number of nitrogens with zero attached hydrogens (tertiary/aromatic N) is 2. The first kappa shape index (κ1) is 9.40. The van der Waals surface area contributed by atoms with E-state index in [-0.39, 0.29) is 6.10 Å². The molecule has 3 heteroatoms. The van der Waals surface area contributed by atoms with Crippen molar-refractivity contribution in [3.05, 3.63) is 17.7 Å². The molecule has 2 atom stereocenters. The van der Waals surface area contributed by atoms with Crippen molar-refractivity contribution >= 4 is 0 Å². The second kappa shape index (κ2) is 3.63. The number of aryl methyl sites for hydroxylation is 1. The molecule has 1 aromatic rings. The highest BCUT2D eigenvalue weighted by Crippen LogP contribution is 2.29. The Morgan fingerprint density at radius 3 is 3.20 bits per heavy atom. The van der Waals surface area contributed by atoms with Gasteiger partial charge in [-0.3, -0.25) is 0 Å². The Kier molecular flexibility index (Phi) is 2.28. The fourth-order valence-electron chi connectivity index (χ4n) is 2.60. The number of imidazole rings is 1. The van der Waals surface area contributed by atoms with Crippen molar-refractivity contribution in [1.82, 2.24) is 9.55 Å². The van der Waals surface area contributed by atoms with Crippen LogP contribution in [0.5, 0.6) is 0 Å². The number of rotatable bonds is 1. The Hall–Kier alpha value is -0.830. The lowest BCUT2D eigenvalue weighted by Gasteiger charge is -2.19. The van der Waals surface area contributed by atoms with Crippen molar-refractivity contribution in [3.63, 3.8) is 0 Å². The standard InChI is InChI=1S/C12H18N2O/c1-9-4-5-12-13-10(8-14(12)7-9)11-3-2-6-15-11/h8-9,11H,2-7H2,1H3. The van der Waals surface area contributed by atoms with Gasteiger partial charge in [0.1, 0.15) is 11.9 Å². The fourth-order valence-corrected chi connectivity index (χ4v) is 2.60. The first-order valence-electron chi connectivity index (χ1n) is 6.00. The van der Waals surface area contributed by atoms with Gasteiger partial charge < -0.3 is 9.30 Å². The lowest BCUT2D eigenvalue weighted by atomic mass is 10.0. The zero-order chi connectivity index (χ0) is 10.3. The average Bonchev–Trinajstić information content (AvgIpc) is 2.84. The summed E-state index contributed by atoms with van der Waals surface area (Å²) < 4.78 is 7.99. The third kappa shape index (κ3) is 1.69. The topological polar surface area (TPSA) is 27.1 Å². The molecule has 3 nitrogen and oxygen atoms in total. The second-order valence-electron chi connectivity index (χ2n) is 4.88. The minimum absolute atomic E-state index is 0.276. The van der Waals surface area contributed by atoms with Gasteiger partial charge in [0.05, 0.1) is 5.69 Å². The SMILES string of the molecule is CC1CCc2nc(C3CCCO3)cn2C1. The monoisotopic (exact) mass is 206 g/mol. The van der Waals surface area contributed by atoms with Crippen molar-refractivity contribution < 1.29 is 4.74 Å². The van der Waals surface area contributed by atoms with Gasteiger partial charge >= 0.3 is 0 Å². The van der Waals surface area contributed by atoms with E-state index in [0.717, 1.165) is 37.6 Å². The van der Waals surface area contributed by atoms with E-state index in [1.165, 1.54) is 18.7 Å². The zero-order valence-electron chi connectivity index (χ0n) is 9.28. The highest BCUT2D eigenvalue weighted by Gasteiger charge is 2.24. The Morgan fingerprint density at radius 1 is 1.47 bits per heavy atom. The molecule has 0 saturated carbocycles. The molecule has 1 saturated heterocycles. The lowest BCUT2D eigenvalue weighted by molar-refractivity contribution is 0.109. The molecule has 0 amide bonds. The van der Waals surface area contributed by atoms with Gasteiger partial charge in [-0.25, -0.2) is 4.98 Å². The molecule has 2 aliphatic rings. The van der Waals surface area contributed by atoms with E-state index in [4.69, 9.17) is 9.72 Å². The maximum absolute atomic E-state index is 5.67. The third-order valence-corrected chi connectivity index (χ3v) is 3.51. The van der Waals surface area contributed by atoms with Crippen LogP contribution in [0.25, 0.3) is 0 Å². The largest absolute Gasteiger partial charge is 0.372 e. The summed E-state index contributed by atoms with van der Waals surface area (Å²) in [5, 5.41) is 0. The molecule has 2 aliphatic heterocycles. The quantitative estimate of drug-likeness (QED) is 0.705. The van der Waals surface area contributed by atoms with Gasteiger partial charge in [-0.1, -0.05) is 6.92 Å². The lowest BCUT2D eigenvalue weighted by Crippen LogP contribution is -2.17. The number of aromatic nitrogens is 2. The molecule has 1 fully saturated rings. The normalized spacial score (nSPS) is 30.5. The van der Waals surface area contributed by atoms with Crippen molar-refractivity contribution in [3.8, 4) is 0 Å². The summed E-state index contributed by atoms with van der Waals surface area (Å²) in [4.78, 5) is 4.71. The van der Waals surface area contributed by atoms with E-state index in [2.05, 4.69) is 17.7 Å². The predicted molar refractivity (Wildman–Crippen MR) is 57.6 cm³/mol. The number of hydrogen-bond donors (Lipinski definition) is 0.